The second-order valence-electron chi connectivity index (χ2n) is 5.45. The Morgan fingerprint density at radius 3 is 3.00 bits per heavy atom. The lowest BCUT2D eigenvalue weighted by Gasteiger charge is -2.29. The highest BCUT2D eigenvalue weighted by Crippen LogP contribution is 2.36. The summed E-state index contributed by atoms with van der Waals surface area (Å²) >= 11 is 1.58. The van der Waals surface area contributed by atoms with E-state index < -0.39 is 0 Å². The third-order valence-corrected chi connectivity index (χ3v) is 4.58. The van der Waals surface area contributed by atoms with Gasteiger partial charge < -0.3 is 14.4 Å². The summed E-state index contributed by atoms with van der Waals surface area (Å²) < 4.78 is 10.2. The summed E-state index contributed by atoms with van der Waals surface area (Å²) in [6.45, 7) is 2.42. The predicted molar refractivity (Wildman–Crippen MR) is 91.4 cm³/mol. The Morgan fingerprint density at radius 1 is 1.46 bits per heavy atom. The normalized spacial score (nSPS) is 13.4. The lowest BCUT2D eigenvalue weighted by molar-refractivity contribution is -0.140. The number of aromatic nitrogens is 1. The van der Waals surface area contributed by atoms with E-state index in [0.29, 0.717) is 18.7 Å². The second-order valence-corrected chi connectivity index (χ2v) is 6.51. The minimum Gasteiger partial charge on any atom is -0.482 e. The van der Waals surface area contributed by atoms with Gasteiger partial charge in [-0.1, -0.05) is 0 Å². The molecule has 0 N–H and O–H groups in total. The maximum absolute atomic E-state index is 12.2. The Balaban J connectivity index is 1.84. The molecule has 0 bridgehead atoms. The van der Waals surface area contributed by atoms with Crippen LogP contribution in [0.2, 0.25) is 0 Å². The van der Waals surface area contributed by atoms with Gasteiger partial charge in [-0.3, -0.25) is 9.59 Å². The molecule has 0 saturated heterocycles. The van der Waals surface area contributed by atoms with E-state index in [1.54, 1.807) is 16.2 Å². The molecule has 1 aromatic carbocycles. The summed E-state index contributed by atoms with van der Waals surface area (Å²) in [5, 5.41) is 2.98. The molecule has 2 aromatic rings. The lowest BCUT2D eigenvalue weighted by atomic mass is 10.1. The average Bonchev–Trinajstić information content (AvgIpc) is 3.02. The molecule has 0 saturated carbocycles. The molecule has 24 heavy (non-hydrogen) atoms. The molecule has 0 atom stereocenters. The number of hydrogen-bond donors (Lipinski definition) is 0. The predicted octanol–water partition coefficient (Wildman–Crippen LogP) is 2.80. The Bertz CT molecular complexity index is 772. The molecule has 0 radical (unpaired) electrons. The van der Waals surface area contributed by atoms with Gasteiger partial charge in [-0.15, -0.1) is 11.3 Å². The molecule has 7 heteroatoms. The van der Waals surface area contributed by atoms with Gasteiger partial charge in [-0.25, -0.2) is 4.98 Å². The van der Waals surface area contributed by atoms with Crippen molar-refractivity contribution in [3.05, 3.63) is 28.6 Å². The molecular formula is C17H18N2O4S. The first kappa shape index (κ1) is 16.4. The van der Waals surface area contributed by atoms with Crippen LogP contribution in [0, 0.1) is 6.92 Å². The third kappa shape index (κ3) is 3.41. The fourth-order valence-electron chi connectivity index (χ4n) is 2.59. The average molecular weight is 346 g/mol. The molecule has 1 aromatic heterocycles. The Labute approximate surface area is 144 Å². The van der Waals surface area contributed by atoms with Gasteiger partial charge in [-0.2, -0.15) is 0 Å². The van der Waals surface area contributed by atoms with Gasteiger partial charge in [0, 0.05) is 23.9 Å². The van der Waals surface area contributed by atoms with Crippen molar-refractivity contribution in [1.82, 2.24) is 4.98 Å². The quantitative estimate of drug-likeness (QED) is 0.779. The van der Waals surface area contributed by atoms with E-state index in [1.807, 2.05) is 30.5 Å². The van der Waals surface area contributed by atoms with Crippen molar-refractivity contribution in [2.24, 2.45) is 0 Å². The minimum atomic E-state index is -0.275. The van der Waals surface area contributed by atoms with Crippen LogP contribution in [0.1, 0.15) is 17.8 Å². The number of hydrogen-bond acceptors (Lipinski definition) is 6. The van der Waals surface area contributed by atoms with E-state index in [9.17, 15) is 9.59 Å². The largest absolute Gasteiger partial charge is 0.482 e. The van der Waals surface area contributed by atoms with Crippen LogP contribution in [-0.2, 0) is 14.3 Å². The first-order chi connectivity index (χ1) is 11.6. The molecule has 0 fully saturated rings. The molecule has 3 rings (SSSR count). The number of anilines is 1. The number of rotatable bonds is 5. The highest BCUT2D eigenvalue weighted by molar-refractivity contribution is 7.09. The van der Waals surface area contributed by atoms with Crippen LogP contribution in [-0.4, -0.2) is 37.1 Å². The van der Waals surface area contributed by atoms with E-state index in [0.717, 1.165) is 22.0 Å². The molecule has 6 nitrogen and oxygen atoms in total. The number of carbonyl (C=O) groups is 2. The zero-order chi connectivity index (χ0) is 17.1. The highest BCUT2D eigenvalue weighted by atomic mass is 32.1. The zero-order valence-electron chi connectivity index (χ0n) is 13.6. The number of nitrogens with zero attached hydrogens (tertiary/aromatic N) is 2. The number of thiazole rings is 1. The van der Waals surface area contributed by atoms with Crippen molar-refractivity contribution in [2.75, 3.05) is 25.2 Å². The van der Waals surface area contributed by atoms with E-state index in [4.69, 9.17) is 4.74 Å². The number of esters is 1. The van der Waals surface area contributed by atoms with Crippen LogP contribution in [0.15, 0.2) is 23.6 Å². The van der Waals surface area contributed by atoms with Gasteiger partial charge in [0.1, 0.15) is 5.75 Å². The van der Waals surface area contributed by atoms with E-state index >= 15 is 0 Å². The smallest absolute Gasteiger partial charge is 0.305 e. The molecule has 2 heterocycles. The van der Waals surface area contributed by atoms with Gasteiger partial charge in [-0.05, 0) is 31.5 Å². The first-order valence-corrected chi connectivity index (χ1v) is 8.53. The first-order valence-electron chi connectivity index (χ1n) is 7.65. The maximum atomic E-state index is 12.2. The summed E-state index contributed by atoms with van der Waals surface area (Å²) in [6, 6.07) is 5.72. The highest BCUT2D eigenvalue weighted by Gasteiger charge is 2.26. The number of amides is 1. The van der Waals surface area contributed by atoms with Crippen molar-refractivity contribution in [2.45, 2.75) is 19.8 Å². The topological polar surface area (TPSA) is 68.7 Å². The third-order valence-electron chi connectivity index (χ3n) is 3.81. The number of benzene rings is 1. The fraction of sp³-hybridized carbons (Fsp3) is 0.353. The van der Waals surface area contributed by atoms with E-state index in [1.165, 1.54) is 7.11 Å². The Morgan fingerprint density at radius 2 is 2.29 bits per heavy atom. The van der Waals surface area contributed by atoms with Gasteiger partial charge in [0.2, 0.25) is 0 Å². The lowest BCUT2D eigenvalue weighted by Crippen LogP contribution is -2.39. The van der Waals surface area contributed by atoms with Crippen molar-refractivity contribution >= 4 is 28.9 Å². The van der Waals surface area contributed by atoms with Crippen LogP contribution in [0.5, 0.6) is 5.75 Å². The van der Waals surface area contributed by atoms with Crippen molar-refractivity contribution < 1.29 is 19.1 Å². The van der Waals surface area contributed by atoms with Crippen LogP contribution in [0.3, 0.4) is 0 Å². The molecule has 0 unspecified atom stereocenters. The summed E-state index contributed by atoms with van der Waals surface area (Å²) in [7, 11) is 1.36. The summed E-state index contributed by atoms with van der Waals surface area (Å²) in [6.07, 6.45) is 0.819. The number of methoxy groups -OCH3 is 1. The van der Waals surface area contributed by atoms with Crippen LogP contribution < -0.4 is 9.64 Å². The molecule has 1 aliphatic rings. The van der Waals surface area contributed by atoms with Crippen LogP contribution in [0.25, 0.3) is 11.3 Å². The van der Waals surface area contributed by atoms with Crippen molar-refractivity contribution in [3.8, 4) is 17.0 Å². The molecule has 0 spiro atoms. The van der Waals surface area contributed by atoms with Gasteiger partial charge in [0.05, 0.1) is 23.5 Å². The number of carbonyl (C=O) groups excluding carboxylic acids is 2. The minimum absolute atomic E-state index is 0.0143. The van der Waals surface area contributed by atoms with E-state index in [2.05, 4.69) is 9.72 Å². The Kier molecular flexibility index (Phi) is 4.80. The van der Waals surface area contributed by atoms with Crippen molar-refractivity contribution in [3.63, 3.8) is 0 Å². The van der Waals surface area contributed by atoms with Gasteiger partial charge in [0.15, 0.2) is 6.61 Å². The number of aryl methyl sites for hydroxylation is 1. The maximum Gasteiger partial charge on any atom is 0.305 e. The number of fused-ring (bicyclic) bond motifs is 1. The standard InChI is InChI=1S/C17H18N2O4S/c1-11-18-13(10-24-11)12-5-6-15-14(8-12)19(16(20)9-23-15)7-3-4-17(21)22-2/h5-6,8,10H,3-4,7,9H2,1-2H3. The molecule has 1 aliphatic heterocycles. The second kappa shape index (κ2) is 7.00. The Hall–Kier alpha value is -2.41. The SMILES string of the molecule is COC(=O)CCCN1C(=O)COc2ccc(-c3csc(C)n3)cc21. The monoisotopic (exact) mass is 346 g/mol. The van der Waals surface area contributed by atoms with Crippen LogP contribution >= 0.6 is 11.3 Å². The van der Waals surface area contributed by atoms with Gasteiger partial charge in [0.25, 0.3) is 5.91 Å². The summed E-state index contributed by atoms with van der Waals surface area (Å²) in [5.74, 6) is 0.282. The molecule has 0 aliphatic carbocycles. The number of ether oxygens (including phenoxy) is 2. The summed E-state index contributed by atoms with van der Waals surface area (Å²) in [4.78, 5) is 29.6. The van der Waals surface area contributed by atoms with Crippen LogP contribution in [0.4, 0.5) is 5.69 Å². The summed E-state index contributed by atoms with van der Waals surface area (Å²) in [5.41, 5.74) is 2.54. The zero-order valence-corrected chi connectivity index (χ0v) is 14.4. The van der Waals surface area contributed by atoms with Crippen molar-refractivity contribution in [1.29, 1.82) is 0 Å². The molecule has 1 amide bonds. The fourth-order valence-corrected chi connectivity index (χ4v) is 3.21. The molecular weight excluding hydrogens is 328 g/mol. The van der Waals surface area contributed by atoms with E-state index in [-0.39, 0.29) is 24.9 Å². The molecule has 126 valence electrons. The van der Waals surface area contributed by atoms with Gasteiger partial charge >= 0.3 is 5.97 Å².